The fourth-order valence-electron chi connectivity index (χ4n) is 2.44. The summed E-state index contributed by atoms with van der Waals surface area (Å²) in [6.07, 6.45) is 3.33. The number of carbonyl (C=O) groups is 1. The van der Waals surface area contributed by atoms with Gasteiger partial charge in [-0.2, -0.15) is 0 Å². The summed E-state index contributed by atoms with van der Waals surface area (Å²) in [5.41, 5.74) is 2.75. The molecule has 2 aromatic rings. The number of likely N-dealkylation sites (N-methyl/N-ethyl adjacent to an activating group) is 1. The van der Waals surface area contributed by atoms with Crippen LogP contribution < -0.4 is 0 Å². The van der Waals surface area contributed by atoms with Crippen molar-refractivity contribution in [1.29, 1.82) is 0 Å². The highest BCUT2D eigenvalue weighted by atomic mass is 16.3. The van der Waals surface area contributed by atoms with Crippen LogP contribution in [0.15, 0.2) is 42.7 Å². The first-order valence-corrected chi connectivity index (χ1v) is 7.84. The highest BCUT2D eigenvalue weighted by molar-refractivity contribution is 5.95. The van der Waals surface area contributed by atoms with Gasteiger partial charge in [0.1, 0.15) is 0 Å². The Labute approximate surface area is 137 Å². The van der Waals surface area contributed by atoms with E-state index < -0.39 is 5.60 Å². The average Bonchev–Trinajstić information content (AvgIpc) is 2.52. The Balaban J connectivity index is 2.28. The van der Waals surface area contributed by atoms with E-state index in [2.05, 4.69) is 4.98 Å². The lowest BCUT2D eigenvalue weighted by Gasteiger charge is -2.28. The van der Waals surface area contributed by atoms with Gasteiger partial charge in [-0.25, -0.2) is 0 Å². The lowest BCUT2D eigenvalue weighted by Crippen LogP contribution is -2.42. The van der Waals surface area contributed by atoms with Crippen LogP contribution in [0.2, 0.25) is 0 Å². The predicted molar refractivity (Wildman–Crippen MR) is 92.3 cm³/mol. The van der Waals surface area contributed by atoms with Crippen molar-refractivity contribution >= 4 is 5.91 Å². The van der Waals surface area contributed by atoms with E-state index >= 15 is 0 Å². The third-order valence-corrected chi connectivity index (χ3v) is 3.62. The molecule has 23 heavy (non-hydrogen) atoms. The van der Waals surface area contributed by atoms with Crippen LogP contribution in [0.25, 0.3) is 11.1 Å². The minimum absolute atomic E-state index is 0.115. The molecule has 1 amide bonds. The summed E-state index contributed by atoms with van der Waals surface area (Å²) in [6, 6.07) is 9.98. The summed E-state index contributed by atoms with van der Waals surface area (Å²) < 4.78 is 0. The molecule has 0 unspecified atom stereocenters. The Hall–Kier alpha value is -2.20. The van der Waals surface area contributed by atoms with Gasteiger partial charge in [-0.05, 0) is 39.3 Å². The molecule has 4 nitrogen and oxygen atoms in total. The second-order valence-corrected chi connectivity index (χ2v) is 6.46. The summed E-state index contributed by atoms with van der Waals surface area (Å²) in [5, 5.41) is 9.96. The molecule has 0 aliphatic carbocycles. The summed E-state index contributed by atoms with van der Waals surface area (Å²) in [5.74, 6) is -0.115. The molecule has 0 atom stereocenters. The fourth-order valence-corrected chi connectivity index (χ4v) is 2.44. The first kappa shape index (κ1) is 17.2. The van der Waals surface area contributed by atoms with Crippen molar-refractivity contribution < 1.29 is 9.90 Å². The van der Waals surface area contributed by atoms with Gasteiger partial charge in [0.15, 0.2) is 0 Å². The molecule has 0 radical (unpaired) electrons. The summed E-state index contributed by atoms with van der Waals surface area (Å²) >= 11 is 0. The van der Waals surface area contributed by atoms with Gasteiger partial charge in [0.05, 0.1) is 11.2 Å². The summed E-state index contributed by atoms with van der Waals surface area (Å²) in [6.45, 7) is 8.17. The molecule has 0 spiro atoms. The zero-order valence-corrected chi connectivity index (χ0v) is 14.2. The van der Waals surface area contributed by atoms with Crippen LogP contribution >= 0.6 is 0 Å². The van der Waals surface area contributed by atoms with E-state index in [0.29, 0.717) is 12.1 Å². The van der Waals surface area contributed by atoms with Crippen LogP contribution in [0.1, 0.15) is 36.7 Å². The van der Waals surface area contributed by atoms with Crippen molar-refractivity contribution in [3.05, 3.63) is 53.9 Å². The number of carbonyl (C=O) groups excluding carboxylic acids is 1. The van der Waals surface area contributed by atoms with E-state index in [0.717, 1.165) is 11.1 Å². The molecular weight excluding hydrogens is 288 g/mol. The molecule has 0 saturated heterocycles. The van der Waals surface area contributed by atoms with Gasteiger partial charge in [-0.15, -0.1) is 0 Å². The number of amides is 1. The standard InChI is InChI=1S/C19H24N2O2/c1-5-21(13-19(3,4)23)18(22)17-10-16(11-20-12-17)15-8-6-14(2)7-9-15/h6-12,23H,5,13H2,1-4H3. The Morgan fingerprint density at radius 3 is 2.39 bits per heavy atom. The van der Waals surface area contributed by atoms with E-state index in [4.69, 9.17) is 0 Å². The number of aliphatic hydroxyl groups is 1. The number of aromatic nitrogens is 1. The van der Waals surface area contributed by atoms with E-state index in [9.17, 15) is 9.90 Å². The topological polar surface area (TPSA) is 53.4 Å². The molecule has 0 fully saturated rings. The van der Waals surface area contributed by atoms with Crippen molar-refractivity contribution in [3.63, 3.8) is 0 Å². The SMILES string of the molecule is CCN(CC(C)(C)O)C(=O)c1cncc(-c2ccc(C)cc2)c1. The molecule has 1 aromatic carbocycles. The Bertz CT molecular complexity index is 673. The summed E-state index contributed by atoms with van der Waals surface area (Å²) in [7, 11) is 0. The van der Waals surface area contributed by atoms with Crippen LogP contribution in [0.3, 0.4) is 0 Å². The second kappa shape index (κ2) is 6.92. The number of hydrogen-bond acceptors (Lipinski definition) is 3. The molecule has 2 rings (SSSR count). The average molecular weight is 312 g/mol. The zero-order chi connectivity index (χ0) is 17.0. The number of pyridine rings is 1. The van der Waals surface area contributed by atoms with Crippen LogP contribution in [-0.4, -0.2) is 39.6 Å². The largest absolute Gasteiger partial charge is 0.389 e. The third-order valence-electron chi connectivity index (χ3n) is 3.62. The first-order chi connectivity index (χ1) is 10.8. The highest BCUT2D eigenvalue weighted by Gasteiger charge is 2.22. The molecule has 1 N–H and O–H groups in total. The maximum absolute atomic E-state index is 12.7. The minimum atomic E-state index is -0.923. The van der Waals surface area contributed by atoms with E-state index in [1.54, 1.807) is 31.1 Å². The van der Waals surface area contributed by atoms with Gasteiger partial charge in [0, 0.05) is 31.0 Å². The number of rotatable bonds is 5. The molecular formula is C19H24N2O2. The lowest BCUT2D eigenvalue weighted by molar-refractivity contribution is 0.0314. The van der Waals surface area contributed by atoms with Gasteiger partial charge in [-0.3, -0.25) is 9.78 Å². The number of benzene rings is 1. The smallest absolute Gasteiger partial charge is 0.255 e. The first-order valence-electron chi connectivity index (χ1n) is 7.84. The van der Waals surface area contributed by atoms with Crippen molar-refractivity contribution in [2.45, 2.75) is 33.3 Å². The maximum atomic E-state index is 12.7. The Kier molecular flexibility index (Phi) is 5.16. The molecule has 4 heteroatoms. The molecule has 1 heterocycles. The molecule has 1 aromatic heterocycles. The third kappa shape index (κ3) is 4.63. The predicted octanol–water partition coefficient (Wildman–Crippen LogP) is 3.29. The quantitative estimate of drug-likeness (QED) is 0.921. The maximum Gasteiger partial charge on any atom is 0.255 e. The lowest BCUT2D eigenvalue weighted by atomic mass is 10.0. The Morgan fingerprint density at radius 2 is 1.83 bits per heavy atom. The van der Waals surface area contributed by atoms with Gasteiger partial charge in [0.25, 0.3) is 5.91 Å². The van der Waals surface area contributed by atoms with Gasteiger partial charge in [-0.1, -0.05) is 29.8 Å². The monoisotopic (exact) mass is 312 g/mol. The van der Waals surface area contributed by atoms with Gasteiger partial charge in [0.2, 0.25) is 0 Å². The fraction of sp³-hybridized carbons (Fsp3) is 0.368. The van der Waals surface area contributed by atoms with Crippen LogP contribution in [0, 0.1) is 6.92 Å². The number of aryl methyl sites for hydroxylation is 1. The van der Waals surface area contributed by atoms with E-state index in [1.165, 1.54) is 5.56 Å². The molecule has 0 bridgehead atoms. The number of hydrogen-bond donors (Lipinski definition) is 1. The van der Waals surface area contributed by atoms with Crippen molar-refractivity contribution in [1.82, 2.24) is 9.88 Å². The van der Waals surface area contributed by atoms with E-state index in [-0.39, 0.29) is 12.5 Å². The second-order valence-electron chi connectivity index (χ2n) is 6.46. The van der Waals surface area contributed by atoms with Crippen LogP contribution in [-0.2, 0) is 0 Å². The minimum Gasteiger partial charge on any atom is -0.389 e. The molecule has 0 aliphatic heterocycles. The normalized spacial score (nSPS) is 11.3. The molecule has 0 aliphatic rings. The van der Waals surface area contributed by atoms with Crippen molar-refractivity contribution in [3.8, 4) is 11.1 Å². The number of nitrogens with zero attached hydrogens (tertiary/aromatic N) is 2. The Morgan fingerprint density at radius 1 is 1.17 bits per heavy atom. The van der Waals surface area contributed by atoms with E-state index in [1.807, 2.05) is 44.2 Å². The van der Waals surface area contributed by atoms with Gasteiger partial charge >= 0.3 is 0 Å². The van der Waals surface area contributed by atoms with Crippen molar-refractivity contribution in [2.75, 3.05) is 13.1 Å². The van der Waals surface area contributed by atoms with Gasteiger partial charge < -0.3 is 10.0 Å². The van der Waals surface area contributed by atoms with Crippen LogP contribution in [0.5, 0.6) is 0 Å². The molecule has 122 valence electrons. The van der Waals surface area contributed by atoms with Crippen molar-refractivity contribution in [2.24, 2.45) is 0 Å². The highest BCUT2D eigenvalue weighted by Crippen LogP contribution is 2.21. The molecule has 0 saturated carbocycles. The zero-order valence-electron chi connectivity index (χ0n) is 14.2. The van der Waals surface area contributed by atoms with Crippen LogP contribution in [0.4, 0.5) is 0 Å². The summed E-state index contributed by atoms with van der Waals surface area (Å²) in [4.78, 5) is 18.5.